The van der Waals surface area contributed by atoms with Crippen LogP contribution < -0.4 is 4.72 Å². The van der Waals surface area contributed by atoms with E-state index in [1.807, 2.05) is 6.92 Å². The van der Waals surface area contributed by atoms with Crippen LogP contribution >= 0.6 is 0 Å². The van der Waals surface area contributed by atoms with Gasteiger partial charge >= 0.3 is 11.9 Å². The van der Waals surface area contributed by atoms with Crippen LogP contribution in [0.15, 0.2) is 0 Å². The molecule has 1 saturated carbocycles. The Kier molecular flexibility index (Phi) is 5.15. The first-order chi connectivity index (χ1) is 9.14. The first-order valence-corrected chi connectivity index (χ1v) is 8.03. The molecular formula is C12H21NO6S. The lowest BCUT2D eigenvalue weighted by Gasteiger charge is -2.37. The number of sulfonamides is 1. The van der Waals surface area contributed by atoms with E-state index in [-0.39, 0.29) is 18.8 Å². The molecule has 0 heterocycles. The second kappa shape index (κ2) is 6.09. The smallest absolute Gasteiger partial charge is 0.325 e. The van der Waals surface area contributed by atoms with Crippen LogP contribution in [0.1, 0.15) is 39.5 Å². The van der Waals surface area contributed by atoms with Gasteiger partial charge in [-0.25, -0.2) is 8.42 Å². The number of hydrogen-bond acceptors (Lipinski definition) is 5. The number of esters is 1. The van der Waals surface area contributed by atoms with Crippen molar-refractivity contribution in [1.29, 1.82) is 0 Å². The molecule has 0 spiro atoms. The van der Waals surface area contributed by atoms with Gasteiger partial charge in [0, 0.05) is 0 Å². The molecule has 2 N–H and O–H groups in total. The SMILES string of the molecule is COC(=O)C(C)S(=O)(=O)NC1(C(=O)O)CCCC(C)C1. The number of carbonyl (C=O) groups excluding carboxylic acids is 1. The van der Waals surface area contributed by atoms with E-state index in [1.54, 1.807) is 0 Å². The standard InChI is InChI=1S/C12H21NO6S/c1-8-5-4-6-12(7-8,11(15)16)13-20(17,18)9(2)10(14)19-3/h8-9,13H,4-7H2,1-3H3,(H,15,16). The van der Waals surface area contributed by atoms with Crippen LogP contribution in [0.2, 0.25) is 0 Å². The number of carboxylic acids is 1. The van der Waals surface area contributed by atoms with Crippen molar-refractivity contribution in [2.75, 3.05) is 7.11 Å². The molecule has 8 heteroatoms. The van der Waals surface area contributed by atoms with Crippen LogP contribution in [-0.4, -0.2) is 43.4 Å². The molecule has 0 bridgehead atoms. The maximum absolute atomic E-state index is 12.1. The predicted molar refractivity (Wildman–Crippen MR) is 71.5 cm³/mol. The second-order valence-electron chi connectivity index (χ2n) is 5.40. The lowest BCUT2D eigenvalue weighted by atomic mass is 9.77. The quantitative estimate of drug-likeness (QED) is 0.716. The van der Waals surface area contributed by atoms with Crippen molar-refractivity contribution in [3.8, 4) is 0 Å². The molecule has 0 amide bonds. The molecule has 0 aliphatic heterocycles. The van der Waals surface area contributed by atoms with E-state index >= 15 is 0 Å². The molecule has 0 aromatic carbocycles. The molecule has 1 rings (SSSR count). The van der Waals surface area contributed by atoms with E-state index < -0.39 is 32.8 Å². The Morgan fingerprint density at radius 1 is 1.45 bits per heavy atom. The van der Waals surface area contributed by atoms with Crippen molar-refractivity contribution in [3.63, 3.8) is 0 Å². The molecule has 7 nitrogen and oxygen atoms in total. The van der Waals surface area contributed by atoms with Crippen LogP contribution in [0.5, 0.6) is 0 Å². The fourth-order valence-electron chi connectivity index (χ4n) is 2.54. The van der Waals surface area contributed by atoms with E-state index in [4.69, 9.17) is 0 Å². The highest BCUT2D eigenvalue weighted by Gasteiger charge is 2.46. The molecule has 0 aromatic heterocycles. The highest BCUT2D eigenvalue weighted by molar-refractivity contribution is 7.90. The zero-order valence-electron chi connectivity index (χ0n) is 11.9. The summed E-state index contributed by atoms with van der Waals surface area (Å²) in [5.41, 5.74) is -1.53. The molecule has 0 radical (unpaired) electrons. The second-order valence-corrected chi connectivity index (χ2v) is 7.40. The fourth-order valence-corrected chi connectivity index (χ4v) is 3.88. The Hall–Kier alpha value is -1.15. The van der Waals surface area contributed by atoms with Crippen LogP contribution in [-0.2, 0) is 24.3 Å². The third kappa shape index (κ3) is 3.49. The number of methoxy groups -OCH3 is 1. The Labute approximate surface area is 118 Å². The topological polar surface area (TPSA) is 110 Å². The highest BCUT2D eigenvalue weighted by atomic mass is 32.2. The van der Waals surface area contributed by atoms with Gasteiger partial charge in [0.1, 0.15) is 5.54 Å². The van der Waals surface area contributed by atoms with Gasteiger partial charge in [-0.2, -0.15) is 4.72 Å². The van der Waals surface area contributed by atoms with Gasteiger partial charge in [0.2, 0.25) is 10.0 Å². The molecule has 1 aliphatic carbocycles. The summed E-state index contributed by atoms with van der Waals surface area (Å²) in [7, 11) is -3.02. The van der Waals surface area contributed by atoms with Gasteiger partial charge in [0.15, 0.2) is 5.25 Å². The predicted octanol–water partition coefficient (Wildman–Crippen LogP) is 0.501. The zero-order valence-corrected chi connectivity index (χ0v) is 12.7. The van der Waals surface area contributed by atoms with Crippen LogP contribution in [0.25, 0.3) is 0 Å². The van der Waals surface area contributed by atoms with Gasteiger partial charge in [0.25, 0.3) is 0 Å². The zero-order chi connectivity index (χ0) is 15.6. The maximum Gasteiger partial charge on any atom is 0.325 e. The molecule has 0 aromatic rings. The Bertz CT molecular complexity index is 488. The molecule has 1 aliphatic rings. The summed E-state index contributed by atoms with van der Waals surface area (Å²) in [5.74, 6) is -2.01. The Morgan fingerprint density at radius 3 is 2.50 bits per heavy atom. The van der Waals surface area contributed by atoms with E-state index in [0.29, 0.717) is 6.42 Å². The van der Waals surface area contributed by atoms with E-state index in [9.17, 15) is 23.1 Å². The lowest BCUT2D eigenvalue weighted by Crippen LogP contribution is -2.59. The van der Waals surface area contributed by atoms with Crippen molar-refractivity contribution in [3.05, 3.63) is 0 Å². The Morgan fingerprint density at radius 2 is 2.05 bits per heavy atom. The lowest BCUT2D eigenvalue weighted by molar-refractivity contribution is -0.146. The molecule has 116 valence electrons. The number of hydrogen-bond donors (Lipinski definition) is 2. The minimum absolute atomic E-state index is 0.107. The summed E-state index contributed by atoms with van der Waals surface area (Å²) in [6, 6.07) is 0. The fraction of sp³-hybridized carbons (Fsp3) is 0.833. The third-order valence-corrected chi connectivity index (χ3v) is 5.54. The van der Waals surface area contributed by atoms with Crippen molar-refractivity contribution in [1.82, 2.24) is 4.72 Å². The summed E-state index contributed by atoms with van der Waals surface area (Å²) in [4.78, 5) is 22.9. The van der Waals surface area contributed by atoms with Gasteiger partial charge in [-0.3, -0.25) is 9.59 Å². The number of nitrogens with one attached hydrogen (secondary N) is 1. The normalized spacial score (nSPS) is 28.6. The van der Waals surface area contributed by atoms with Crippen molar-refractivity contribution in [2.45, 2.75) is 50.3 Å². The number of aliphatic carboxylic acids is 1. The summed E-state index contributed by atoms with van der Waals surface area (Å²) >= 11 is 0. The van der Waals surface area contributed by atoms with Crippen LogP contribution in [0, 0.1) is 5.92 Å². The van der Waals surface area contributed by atoms with Gasteiger partial charge in [0.05, 0.1) is 7.11 Å². The number of rotatable bonds is 5. The molecule has 0 saturated heterocycles. The third-order valence-electron chi connectivity index (χ3n) is 3.74. The minimum Gasteiger partial charge on any atom is -0.480 e. The van der Waals surface area contributed by atoms with Crippen LogP contribution in [0.3, 0.4) is 0 Å². The monoisotopic (exact) mass is 307 g/mol. The van der Waals surface area contributed by atoms with Gasteiger partial charge < -0.3 is 9.84 Å². The molecule has 3 unspecified atom stereocenters. The van der Waals surface area contributed by atoms with Gasteiger partial charge in [-0.15, -0.1) is 0 Å². The summed E-state index contributed by atoms with van der Waals surface area (Å²) in [6.45, 7) is 3.06. The van der Waals surface area contributed by atoms with Gasteiger partial charge in [-0.05, 0) is 25.7 Å². The number of ether oxygens (including phenoxy) is 1. The molecule has 1 fully saturated rings. The Balaban J connectivity index is 3.02. The molecular weight excluding hydrogens is 286 g/mol. The average Bonchev–Trinajstić information content (AvgIpc) is 2.36. The van der Waals surface area contributed by atoms with Gasteiger partial charge in [-0.1, -0.05) is 19.8 Å². The average molecular weight is 307 g/mol. The number of carboxylic acid groups (broad SMARTS) is 1. The molecule has 3 atom stereocenters. The minimum atomic E-state index is -4.10. The van der Waals surface area contributed by atoms with Crippen molar-refractivity contribution >= 4 is 22.0 Å². The van der Waals surface area contributed by atoms with Crippen LogP contribution in [0.4, 0.5) is 0 Å². The first-order valence-electron chi connectivity index (χ1n) is 6.48. The highest BCUT2D eigenvalue weighted by Crippen LogP contribution is 2.33. The maximum atomic E-state index is 12.1. The first kappa shape index (κ1) is 16.9. The van der Waals surface area contributed by atoms with E-state index in [1.165, 1.54) is 6.92 Å². The largest absolute Gasteiger partial charge is 0.480 e. The summed E-state index contributed by atoms with van der Waals surface area (Å²) in [6.07, 6.45) is 1.93. The summed E-state index contributed by atoms with van der Waals surface area (Å²) < 4.78 is 30.9. The van der Waals surface area contributed by atoms with Crippen molar-refractivity contribution in [2.24, 2.45) is 5.92 Å². The molecule has 20 heavy (non-hydrogen) atoms. The van der Waals surface area contributed by atoms with Crippen molar-refractivity contribution < 1.29 is 27.9 Å². The summed E-state index contributed by atoms with van der Waals surface area (Å²) in [5, 5.41) is 7.96. The number of carbonyl (C=O) groups is 2. The van der Waals surface area contributed by atoms with E-state index in [0.717, 1.165) is 13.5 Å². The van der Waals surface area contributed by atoms with E-state index in [2.05, 4.69) is 9.46 Å².